The minimum atomic E-state index is -0.137. The maximum atomic E-state index is 12.9. The van der Waals surface area contributed by atoms with Crippen molar-refractivity contribution in [2.24, 2.45) is 0 Å². The van der Waals surface area contributed by atoms with Crippen LogP contribution < -0.4 is 5.32 Å². The number of para-hydroxylation sites is 1. The van der Waals surface area contributed by atoms with Gasteiger partial charge in [0.05, 0.1) is 5.39 Å². The number of anilines is 1. The average Bonchev–Trinajstić information content (AvgIpc) is 3.13. The second kappa shape index (κ2) is 7.31. The Morgan fingerprint density at radius 3 is 2.57 bits per heavy atom. The van der Waals surface area contributed by atoms with Crippen LogP contribution in [-0.4, -0.2) is 11.1 Å². The second-order valence-electron chi connectivity index (χ2n) is 7.03. The highest BCUT2D eigenvalue weighted by molar-refractivity contribution is 6.08. The molecule has 0 saturated carbocycles. The first-order chi connectivity index (χ1) is 13.6. The minimum absolute atomic E-state index is 0.137. The van der Waals surface area contributed by atoms with Crippen LogP contribution in [0.4, 0.5) is 5.69 Å². The number of hydrogen-bond acceptors (Lipinski definition) is 3. The monoisotopic (exact) mass is 370 g/mol. The third-order valence-corrected chi connectivity index (χ3v) is 5.03. The van der Waals surface area contributed by atoms with Crippen LogP contribution in [0.15, 0.2) is 65.2 Å². The Morgan fingerprint density at radius 1 is 1.04 bits per heavy atom. The molecular formula is C24H22N2O2. The second-order valence-corrected chi connectivity index (χ2v) is 7.03. The summed E-state index contributed by atoms with van der Waals surface area (Å²) < 4.78 is 5.57. The van der Waals surface area contributed by atoms with Crippen molar-refractivity contribution < 1.29 is 9.32 Å². The SMILES string of the molecule is CCc1cccc(C)c1NC(=O)c1ccc2noc(-c3ccc(C)cc3)c2c1. The molecule has 0 atom stereocenters. The summed E-state index contributed by atoms with van der Waals surface area (Å²) in [6, 6.07) is 19.6. The van der Waals surface area contributed by atoms with E-state index in [1.807, 2.05) is 68.4 Å². The molecule has 1 heterocycles. The molecule has 3 aromatic carbocycles. The zero-order valence-electron chi connectivity index (χ0n) is 16.2. The molecule has 28 heavy (non-hydrogen) atoms. The number of aryl methyl sites for hydroxylation is 3. The summed E-state index contributed by atoms with van der Waals surface area (Å²) in [6.45, 7) is 6.13. The Morgan fingerprint density at radius 2 is 1.82 bits per heavy atom. The van der Waals surface area contributed by atoms with Gasteiger partial charge in [-0.15, -0.1) is 0 Å². The van der Waals surface area contributed by atoms with E-state index in [-0.39, 0.29) is 5.91 Å². The first-order valence-electron chi connectivity index (χ1n) is 9.43. The molecule has 4 rings (SSSR count). The van der Waals surface area contributed by atoms with E-state index < -0.39 is 0 Å². The summed E-state index contributed by atoms with van der Waals surface area (Å²) in [6.07, 6.45) is 0.861. The van der Waals surface area contributed by atoms with E-state index in [2.05, 4.69) is 17.4 Å². The predicted molar refractivity (Wildman–Crippen MR) is 113 cm³/mol. The molecule has 0 fully saturated rings. The topological polar surface area (TPSA) is 55.1 Å². The van der Waals surface area contributed by atoms with Gasteiger partial charge in [-0.2, -0.15) is 0 Å². The highest BCUT2D eigenvalue weighted by atomic mass is 16.5. The minimum Gasteiger partial charge on any atom is -0.355 e. The summed E-state index contributed by atoms with van der Waals surface area (Å²) in [5.74, 6) is 0.539. The fourth-order valence-electron chi connectivity index (χ4n) is 3.38. The van der Waals surface area contributed by atoms with Crippen molar-refractivity contribution in [3.63, 3.8) is 0 Å². The Kier molecular flexibility index (Phi) is 4.70. The lowest BCUT2D eigenvalue weighted by atomic mass is 10.0. The number of nitrogens with one attached hydrogen (secondary N) is 1. The van der Waals surface area contributed by atoms with E-state index in [0.29, 0.717) is 11.3 Å². The van der Waals surface area contributed by atoms with E-state index in [1.165, 1.54) is 5.56 Å². The first kappa shape index (κ1) is 18.0. The first-order valence-corrected chi connectivity index (χ1v) is 9.43. The maximum Gasteiger partial charge on any atom is 0.255 e. The van der Waals surface area contributed by atoms with Gasteiger partial charge in [-0.3, -0.25) is 4.79 Å². The van der Waals surface area contributed by atoms with Crippen molar-refractivity contribution in [1.29, 1.82) is 0 Å². The molecule has 0 aliphatic rings. The van der Waals surface area contributed by atoms with Gasteiger partial charge in [-0.25, -0.2) is 0 Å². The number of carbonyl (C=O) groups is 1. The molecule has 1 amide bonds. The average molecular weight is 370 g/mol. The van der Waals surface area contributed by atoms with Gasteiger partial charge in [0, 0.05) is 16.8 Å². The molecule has 4 nitrogen and oxygen atoms in total. The molecule has 1 aromatic heterocycles. The fraction of sp³-hybridized carbons (Fsp3) is 0.167. The standard InChI is InChI=1S/C24H22N2O2/c1-4-17-7-5-6-16(3)22(17)25-24(27)19-12-13-21-20(14-19)23(28-26-21)18-10-8-15(2)9-11-18/h5-14H,4H2,1-3H3,(H,25,27). The molecule has 140 valence electrons. The number of hydrogen-bond donors (Lipinski definition) is 1. The lowest BCUT2D eigenvalue weighted by Crippen LogP contribution is -2.14. The molecular weight excluding hydrogens is 348 g/mol. The summed E-state index contributed by atoms with van der Waals surface area (Å²) in [7, 11) is 0. The van der Waals surface area contributed by atoms with Gasteiger partial charge in [-0.05, 0) is 49.6 Å². The highest BCUT2D eigenvalue weighted by Crippen LogP contribution is 2.30. The van der Waals surface area contributed by atoms with Crippen molar-refractivity contribution in [2.75, 3.05) is 5.32 Å². The van der Waals surface area contributed by atoms with Crippen LogP contribution in [0.3, 0.4) is 0 Å². The molecule has 0 saturated heterocycles. The Hall–Kier alpha value is -3.40. The summed E-state index contributed by atoms with van der Waals surface area (Å²) in [5, 5.41) is 8.05. The van der Waals surface area contributed by atoms with Crippen molar-refractivity contribution in [1.82, 2.24) is 5.16 Å². The molecule has 0 bridgehead atoms. The largest absolute Gasteiger partial charge is 0.355 e. The highest BCUT2D eigenvalue weighted by Gasteiger charge is 2.15. The van der Waals surface area contributed by atoms with E-state index in [0.717, 1.165) is 39.7 Å². The Labute approximate surface area is 164 Å². The van der Waals surface area contributed by atoms with Crippen molar-refractivity contribution in [2.45, 2.75) is 27.2 Å². The number of amides is 1. The van der Waals surface area contributed by atoms with Gasteiger partial charge in [0.15, 0.2) is 5.76 Å². The summed E-state index contributed by atoms with van der Waals surface area (Å²) in [5.41, 5.74) is 6.50. The summed E-state index contributed by atoms with van der Waals surface area (Å²) >= 11 is 0. The third kappa shape index (κ3) is 3.29. The summed E-state index contributed by atoms with van der Waals surface area (Å²) in [4.78, 5) is 12.9. The zero-order chi connectivity index (χ0) is 19.7. The van der Waals surface area contributed by atoms with Crippen LogP contribution in [0.5, 0.6) is 0 Å². The van der Waals surface area contributed by atoms with Crippen LogP contribution in [0, 0.1) is 13.8 Å². The maximum absolute atomic E-state index is 12.9. The normalized spacial score (nSPS) is 11.0. The molecule has 0 aliphatic heterocycles. The molecule has 0 radical (unpaired) electrons. The smallest absolute Gasteiger partial charge is 0.255 e. The van der Waals surface area contributed by atoms with E-state index in [9.17, 15) is 4.79 Å². The van der Waals surface area contributed by atoms with Crippen molar-refractivity contribution in [3.05, 3.63) is 82.9 Å². The van der Waals surface area contributed by atoms with E-state index in [4.69, 9.17) is 4.52 Å². The number of carbonyl (C=O) groups excluding carboxylic acids is 1. The zero-order valence-corrected chi connectivity index (χ0v) is 16.2. The molecule has 0 spiro atoms. The number of benzene rings is 3. The van der Waals surface area contributed by atoms with Gasteiger partial charge in [0.1, 0.15) is 5.52 Å². The van der Waals surface area contributed by atoms with Crippen LogP contribution in [-0.2, 0) is 6.42 Å². The molecule has 1 N–H and O–H groups in total. The lowest BCUT2D eigenvalue weighted by Gasteiger charge is -2.13. The van der Waals surface area contributed by atoms with Gasteiger partial charge >= 0.3 is 0 Å². The fourth-order valence-corrected chi connectivity index (χ4v) is 3.38. The van der Waals surface area contributed by atoms with E-state index >= 15 is 0 Å². The van der Waals surface area contributed by atoms with Crippen LogP contribution in [0.25, 0.3) is 22.2 Å². The van der Waals surface area contributed by atoms with Crippen molar-refractivity contribution in [3.8, 4) is 11.3 Å². The number of rotatable bonds is 4. The Balaban J connectivity index is 1.71. The number of nitrogens with zero attached hydrogens (tertiary/aromatic N) is 1. The predicted octanol–water partition coefficient (Wildman–Crippen LogP) is 5.93. The lowest BCUT2D eigenvalue weighted by molar-refractivity contribution is 0.102. The molecule has 4 heteroatoms. The van der Waals surface area contributed by atoms with Crippen LogP contribution in [0.2, 0.25) is 0 Å². The van der Waals surface area contributed by atoms with Gasteiger partial charge < -0.3 is 9.84 Å². The van der Waals surface area contributed by atoms with Crippen molar-refractivity contribution >= 4 is 22.5 Å². The van der Waals surface area contributed by atoms with Crippen LogP contribution in [0.1, 0.15) is 34.0 Å². The van der Waals surface area contributed by atoms with Gasteiger partial charge in [0.25, 0.3) is 5.91 Å². The van der Waals surface area contributed by atoms with Gasteiger partial charge in [-0.1, -0.05) is 60.1 Å². The Bertz CT molecular complexity index is 1160. The van der Waals surface area contributed by atoms with Gasteiger partial charge in [0.2, 0.25) is 0 Å². The van der Waals surface area contributed by atoms with Crippen LogP contribution >= 0.6 is 0 Å². The third-order valence-electron chi connectivity index (χ3n) is 5.03. The number of aromatic nitrogens is 1. The molecule has 4 aromatic rings. The molecule has 0 unspecified atom stereocenters. The number of fused-ring (bicyclic) bond motifs is 1. The molecule has 0 aliphatic carbocycles. The van der Waals surface area contributed by atoms with E-state index in [1.54, 1.807) is 6.07 Å². The quantitative estimate of drug-likeness (QED) is 0.485.